The minimum Gasteiger partial charge on any atom is -0.504 e. The lowest BCUT2D eigenvalue weighted by Crippen LogP contribution is -2.60. The van der Waals surface area contributed by atoms with E-state index in [4.69, 9.17) is 27.9 Å². The number of halogens is 2. The highest BCUT2D eigenvalue weighted by molar-refractivity contribution is 6.53. The Hall–Kier alpha value is -3.69. The molecule has 2 aliphatic carbocycles. The SMILES string of the molecule is CCOc1cccc([C@H]2C3=CC[C@@H]4C(=O)N(c5ccc(C(C)=O)cc5)C(=O)[C@@H]4[C@@H]3C[C@@]3(Cl)C(=O)N(C)C(=O)[C@@]23Cl)c1O. The van der Waals surface area contributed by atoms with E-state index in [0.717, 1.165) is 9.80 Å². The molecule has 0 radical (unpaired) electrons. The van der Waals surface area contributed by atoms with E-state index in [9.17, 15) is 29.1 Å². The molecular formula is C31H28Cl2N2O7. The highest BCUT2D eigenvalue weighted by Crippen LogP contribution is 2.66. The average molecular weight is 611 g/mol. The standard InChI is InChI=1S/C31H28Cl2N2O7/c1-4-42-22-7-5-6-20(25(22)37)24-18-12-13-19-23(21(18)14-30(32)28(40)34(3)29(41)31(24,30)33)27(39)35(26(19)38)17-10-8-16(9-11-17)15(2)36/h5-12,19,21,23-24,37H,4,13-14H2,1-3H3/t19-,21+,23-,24+,30+,31-/m0/s1. The zero-order valence-corrected chi connectivity index (χ0v) is 24.6. The van der Waals surface area contributed by atoms with Crippen molar-refractivity contribution in [2.24, 2.45) is 17.8 Å². The predicted molar refractivity (Wildman–Crippen MR) is 154 cm³/mol. The molecule has 2 aliphatic heterocycles. The van der Waals surface area contributed by atoms with Gasteiger partial charge in [0.2, 0.25) is 11.8 Å². The normalized spacial score (nSPS) is 32.0. The minimum atomic E-state index is -2.01. The molecule has 2 saturated heterocycles. The lowest BCUT2D eigenvalue weighted by atomic mass is 9.56. The molecule has 0 bridgehead atoms. The number of rotatable bonds is 5. The van der Waals surface area contributed by atoms with E-state index in [-0.39, 0.29) is 42.3 Å². The van der Waals surface area contributed by atoms with Crippen LogP contribution in [0.4, 0.5) is 5.69 Å². The Kier molecular flexibility index (Phi) is 6.55. The Balaban J connectivity index is 1.50. The number of alkyl halides is 2. The summed E-state index contributed by atoms with van der Waals surface area (Å²) < 4.78 is 5.59. The van der Waals surface area contributed by atoms with Gasteiger partial charge in [0, 0.05) is 24.1 Å². The van der Waals surface area contributed by atoms with E-state index < -0.39 is 57.0 Å². The first kappa shape index (κ1) is 28.4. The molecule has 42 heavy (non-hydrogen) atoms. The van der Waals surface area contributed by atoms with Crippen LogP contribution in [0.3, 0.4) is 0 Å². The number of ketones is 1. The van der Waals surface area contributed by atoms with E-state index in [0.29, 0.717) is 16.8 Å². The fourth-order valence-corrected chi connectivity index (χ4v) is 8.24. The van der Waals surface area contributed by atoms with Crippen LogP contribution in [0, 0.1) is 17.8 Å². The second-order valence-electron chi connectivity index (χ2n) is 11.2. The van der Waals surface area contributed by atoms with Crippen LogP contribution in [0.15, 0.2) is 54.1 Å². The first-order valence-electron chi connectivity index (χ1n) is 13.7. The molecule has 218 valence electrons. The van der Waals surface area contributed by atoms with Crippen LogP contribution in [0.1, 0.15) is 48.5 Å². The number of hydrogen-bond donors (Lipinski definition) is 1. The second kappa shape index (κ2) is 9.67. The summed E-state index contributed by atoms with van der Waals surface area (Å²) in [4.78, 5) is 64.8. The van der Waals surface area contributed by atoms with Gasteiger partial charge in [-0.15, -0.1) is 23.2 Å². The molecule has 2 aromatic carbocycles. The molecule has 6 atom stereocenters. The number of fused-ring (bicyclic) bond motifs is 4. The Labute approximate surface area is 252 Å². The van der Waals surface area contributed by atoms with Crippen molar-refractivity contribution in [2.45, 2.75) is 42.4 Å². The lowest BCUT2D eigenvalue weighted by Gasteiger charge is -2.50. The third-order valence-electron chi connectivity index (χ3n) is 9.19. The van der Waals surface area contributed by atoms with Gasteiger partial charge in [-0.25, -0.2) is 0 Å². The lowest BCUT2D eigenvalue weighted by molar-refractivity contribution is -0.138. The van der Waals surface area contributed by atoms with Crippen molar-refractivity contribution in [1.82, 2.24) is 4.90 Å². The number of anilines is 1. The smallest absolute Gasteiger partial charge is 0.253 e. The summed E-state index contributed by atoms with van der Waals surface area (Å²) in [5.41, 5.74) is 1.58. The molecule has 0 aromatic heterocycles. The molecular weight excluding hydrogens is 583 g/mol. The molecule has 1 saturated carbocycles. The number of imide groups is 2. The summed E-state index contributed by atoms with van der Waals surface area (Å²) in [6, 6.07) is 11.0. The average Bonchev–Trinajstić information content (AvgIpc) is 3.29. The van der Waals surface area contributed by atoms with Gasteiger partial charge < -0.3 is 9.84 Å². The Morgan fingerprint density at radius 2 is 1.71 bits per heavy atom. The van der Waals surface area contributed by atoms with Crippen molar-refractivity contribution in [3.63, 3.8) is 0 Å². The first-order chi connectivity index (χ1) is 19.9. The maximum Gasteiger partial charge on any atom is 0.253 e. The molecule has 0 spiro atoms. The fourth-order valence-electron chi connectivity index (χ4n) is 7.23. The molecule has 4 amide bonds. The summed E-state index contributed by atoms with van der Waals surface area (Å²) in [6.45, 7) is 3.45. The van der Waals surface area contributed by atoms with Gasteiger partial charge in [-0.05, 0) is 62.9 Å². The van der Waals surface area contributed by atoms with E-state index in [1.165, 1.54) is 14.0 Å². The minimum absolute atomic E-state index is 0.147. The Morgan fingerprint density at radius 1 is 1.02 bits per heavy atom. The van der Waals surface area contributed by atoms with Gasteiger partial charge >= 0.3 is 0 Å². The van der Waals surface area contributed by atoms with Crippen molar-refractivity contribution in [3.8, 4) is 11.5 Å². The summed E-state index contributed by atoms with van der Waals surface area (Å²) >= 11 is 14.3. The van der Waals surface area contributed by atoms with Gasteiger partial charge in [-0.2, -0.15) is 0 Å². The summed E-state index contributed by atoms with van der Waals surface area (Å²) in [5, 5.41) is 11.3. The van der Waals surface area contributed by atoms with Gasteiger partial charge in [0.05, 0.1) is 24.1 Å². The van der Waals surface area contributed by atoms with Gasteiger partial charge in [0.1, 0.15) is 0 Å². The van der Waals surface area contributed by atoms with Gasteiger partial charge in [0.25, 0.3) is 11.8 Å². The van der Waals surface area contributed by atoms with Crippen LogP contribution < -0.4 is 9.64 Å². The van der Waals surface area contributed by atoms with Crippen molar-refractivity contribution in [3.05, 3.63) is 65.2 Å². The second-order valence-corrected chi connectivity index (χ2v) is 12.5. The van der Waals surface area contributed by atoms with E-state index in [2.05, 4.69) is 0 Å². The number of ether oxygens (including phenoxy) is 1. The molecule has 4 aliphatic rings. The molecule has 3 fully saturated rings. The topological polar surface area (TPSA) is 121 Å². The predicted octanol–water partition coefficient (Wildman–Crippen LogP) is 4.19. The van der Waals surface area contributed by atoms with Crippen molar-refractivity contribution >= 4 is 58.3 Å². The molecule has 2 aromatic rings. The molecule has 11 heteroatoms. The summed E-state index contributed by atoms with van der Waals surface area (Å²) in [7, 11) is 1.31. The van der Waals surface area contributed by atoms with Crippen LogP contribution in [0.2, 0.25) is 0 Å². The molecule has 6 rings (SSSR count). The number of para-hydroxylation sites is 1. The van der Waals surface area contributed by atoms with Crippen LogP contribution in [0.5, 0.6) is 11.5 Å². The van der Waals surface area contributed by atoms with E-state index in [1.807, 2.05) is 0 Å². The van der Waals surface area contributed by atoms with Gasteiger partial charge in [0.15, 0.2) is 27.0 Å². The summed E-state index contributed by atoms with van der Waals surface area (Å²) in [5.74, 6) is -5.92. The third-order valence-corrected chi connectivity index (χ3v) is 10.6. The third kappa shape index (κ3) is 3.59. The largest absolute Gasteiger partial charge is 0.504 e. The molecule has 0 unspecified atom stereocenters. The fraction of sp³-hybridized carbons (Fsp3) is 0.387. The van der Waals surface area contributed by atoms with Crippen LogP contribution in [0.25, 0.3) is 0 Å². The number of nitrogens with zero attached hydrogens (tertiary/aromatic N) is 2. The number of hydrogen-bond acceptors (Lipinski definition) is 7. The highest BCUT2D eigenvalue weighted by Gasteiger charge is 2.76. The number of carbonyl (C=O) groups is 5. The summed E-state index contributed by atoms with van der Waals surface area (Å²) in [6.07, 6.45) is 1.83. The van der Waals surface area contributed by atoms with E-state index in [1.54, 1.807) is 55.5 Å². The van der Waals surface area contributed by atoms with Gasteiger partial charge in [-0.3, -0.25) is 33.8 Å². The number of amides is 4. The molecule has 9 nitrogen and oxygen atoms in total. The van der Waals surface area contributed by atoms with Crippen LogP contribution >= 0.6 is 23.2 Å². The quantitative estimate of drug-likeness (QED) is 0.233. The van der Waals surface area contributed by atoms with Gasteiger partial charge in [-0.1, -0.05) is 23.8 Å². The number of phenolic OH excluding ortho intramolecular Hbond substituents is 1. The van der Waals surface area contributed by atoms with Crippen LogP contribution in [-0.2, 0) is 19.2 Å². The Morgan fingerprint density at radius 3 is 2.36 bits per heavy atom. The van der Waals surface area contributed by atoms with Crippen molar-refractivity contribution < 1.29 is 33.8 Å². The van der Waals surface area contributed by atoms with E-state index >= 15 is 0 Å². The highest BCUT2D eigenvalue weighted by atomic mass is 35.5. The Bertz CT molecular complexity index is 1600. The maximum absolute atomic E-state index is 14.1. The van der Waals surface area contributed by atoms with Crippen LogP contribution in [-0.4, -0.2) is 62.8 Å². The van der Waals surface area contributed by atoms with Crippen molar-refractivity contribution in [1.29, 1.82) is 0 Å². The monoisotopic (exact) mass is 610 g/mol. The number of likely N-dealkylation sites (tertiary alicyclic amines) is 1. The zero-order chi connectivity index (χ0) is 30.3. The number of allylic oxidation sites excluding steroid dienone is 2. The first-order valence-corrected chi connectivity index (χ1v) is 14.5. The molecule has 1 N–H and O–H groups in total. The zero-order valence-electron chi connectivity index (χ0n) is 23.1. The van der Waals surface area contributed by atoms with Crippen molar-refractivity contribution in [2.75, 3.05) is 18.6 Å². The number of phenols is 1. The number of Topliss-reactive ketones (excluding diaryl/α,β-unsaturated/α-hetero) is 1. The molecule has 2 heterocycles. The number of carbonyl (C=O) groups excluding carboxylic acids is 5. The number of benzene rings is 2. The maximum atomic E-state index is 14.1. The number of aromatic hydroxyl groups is 1.